The Morgan fingerprint density at radius 2 is 2.17 bits per heavy atom. The first kappa shape index (κ1) is 12.7. The molecule has 94 valence electrons. The Balaban J connectivity index is 2.35. The summed E-state index contributed by atoms with van der Waals surface area (Å²) in [5, 5.41) is -0.00807. The summed E-state index contributed by atoms with van der Waals surface area (Å²) in [6.45, 7) is 2.58. The van der Waals surface area contributed by atoms with Crippen molar-refractivity contribution in [3.63, 3.8) is 0 Å². The van der Waals surface area contributed by atoms with Crippen molar-refractivity contribution in [1.29, 1.82) is 0 Å². The standard InChI is InChI=1S/C12H11ClFN3O/c1-2-3-18-9-4-8(5-15-6-9)11-10(14)7-16-12(13)17-11/h4-7H,2-3H2,1H3. The van der Waals surface area contributed by atoms with Crippen LogP contribution in [0.15, 0.2) is 24.7 Å². The van der Waals surface area contributed by atoms with E-state index in [-0.39, 0.29) is 11.0 Å². The summed E-state index contributed by atoms with van der Waals surface area (Å²) >= 11 is 5.65. The lowest BCUT2D eigenvalue weighted by molar-refractivity contribution is 0.316. The van der Waals surface area contributed by atoms with Crippen LogP contribution in [0.2, 0.25) is 5.28 Å². The zero-order chi connectivity index (χ0) is 13.0. The molecule has 0 bridgehead atoms. The molecule has 0 spiro atoms. The summed E-state index contributed by atoms with van der Waals surface area (Å²) in [4.78, 5) is 11.4. The van der Waals surface area contributed by atoms with Crippen molar-refractivity contribution in [1.82, 2.24) is 15.0 Å². The molecule has 0 saturated heterocycles. The number of rotatable bonds is 4. The van der Waals surface area contributed by atoms with Crippen molar-refractivity contribution in [2.75, 3.05) is 6.61 Å². The maximum absolute atomic E-state index is 13.6. The smallest absolute Gasteiger partial charge is 0.223 e. The normalized spacial score (nSPS) is 10.4. The molecule has 4 nitrogen and oxygen atoms in total. The third-order valence-corrected chi connectivity index (χ3v) is 2.36. The van der Waals surface area contributed by atoms with Gasteiger partial charge in [0.15, 0.2) is 5.82 Å². The van der Waals surface area contributed by atoms with Crippen molar-refractivity contribution in [3.8, 4) is 17.0 Å². The molecule has 0 unspecified atom stereocenters. The highest BCUT2D eigenvalue weighted by atomic mass is 35.5. The van der Waals surface area contributed by atoms with Crippen molar-refractivity contribution < 1.29 is 9.13 Å². The van der Waals surface area contributed by atoms with E-state index >= 15 is 0 Å². The van der Waals surface area contributed by atoms with E-state index in [1.54, 1.807) is 12.3 Å². The molecule has 2 aromatic heterocycles. The fourth-order valence-electron chi connectivity index (χ4n) is 1.40. The topological polar surface area (TPSA) is 47.9 Å². The third-order valence-electron chi connectivity index (χ3n) is 2.17. The summed E-state index contributed by atoms with van der Waals surface area (Å²) < 4.78 is 19.0. The molecule has 2 heterocycles. The van der Waals surface area contributed by atoms with Crippen molar-refractivity contribution in [2.45, 2.75) is 13.3 Å². The molecule has 0 aliphatic rings. The number of hydrogen-bond donors (Lipinski definition) is 0. The summed E-state index contributed by atoms with van der Waals surface area (Å²) in [5.74, 6) is 0.0253. The quantitative estimate of drug-likeness (QED) is 0.799. The molecule has 0 aliphatic heterocycles. The van der Waals surface area contributed by atoms with E-state index in [9.17, 15) is 4.39 Å². The molecule has 0 fully saturated rings. The van der Waals surface area contributed by atoms with Crippen LogP contribution in [0.4, 0.5) is 4.39 Å². The Hall–Kier alpha value is -1.75. The molecular weight excluding hydrogens is 257 g/mol. The van der Waals surface area contributed by atoms with Crippen LogP contribution in [-0.2, 0) is 0 Å². The van der Waals surface area contributed by atoms with Crippen LogP contribution >= 0.6 is 11.6 Å². The second-order valence-electron chi connectivity index (χ2n) is 3.59. The van der Waals surface area contributed by atoms with Crippen LogP contribution in [-0.4, -0.2) is 21.6 Å². The molecule has 0 aliphatic carbocycles. The Morgan fingerprint density at radius 1 is 1.33 bits per heavy atom. The van der Waals surface area contributed by atoms with E-state index in [1.807, 2.05) is 6.92 Å². The van der Waals surface area contributed by atoms with Crippen LogP contribution in [0.3, 0.4) is 0 Å². The van der Waals surface area contributed by atoms with Gasteiger partial charge in [-0.25, -0.2) is 14.4 Å². The monoisotopic (exact) mass is 267 g/mol. The average Bonchev–Trinajstić information content (AvgIpc) is 2.39. The molecule has 0 amide bonds. The number of halogens is 2. The molecule has 18 heavy (non-hydrogen) atoms. The zero-order valence-electron chi connectivity index (χ0n) is 9.73. The minimum absolute atomic E-state index is 0.00807. The van der Waals surface area contributed by atoms with Crippen LogP contribution < -0.4 is 4.74 Å². The van der Waals surface area contributed by atoms with Gasteiger partial charge in [-0.1, -0.05) is 6.92 Å². The fourth-order valence-corrected chi connectivity index (χ4v) is 1.53. The predicted octanol–water partition coefficient (Wildman–Crippen LogP) is 3.12. The van der Waals surface area contributed by atoms with Gasteiger partial charge in [-0.15, -0.1) is 0 Å². The molecular formula is C12H11ClFN3O. The predicted molar refractivity (Wildman–Crippen MR) is 66.0 cm³/mol. The van der Waals surface area contributed by atoms with Crippen LogP contribution in [0, 0.1) is 5.82 Å². The van der Waals surface area contributed by atoms with E-state index in [2.05, 4.69) is 15.0 Å². The van der Waals surface area contributed by atoms with Crippen molar-refractivity contribution >= 4 is 11.6 Å². The second kappa shape index (κ2) is 5.73. The van der Waals surface area contributed by atoms with Gasteiger partial charge in [0, 0.05) is 11.8 Å². The lowest BCUT2D eigenvalue weighted by Crippen LogP contribution is -1.97. The van der Waals surface area contributed by atoms with E-state index in [4.69, 9.17) is 16.3 Å². The first-order valence-electron chi connectivity index (χ1n) is 5.47. The Kier molecular flexibility index (Phi) is 4.04. The van der Waals surface area contributed by atoms with E-state index in [0.29, 0.717) is 17.9 Å². The third kappa shape index (κ3) is 2.92. The second-order valence-corrected chi connectivity index (χ2v) is 3.93. The highest BCUT2D eigenvalue weighted by Crippen LogP contribution is 2.24. The zero-order valence-corrected chi connectivity index (χ0v) is 10.5. The maximum atomic E-state index is 13.6. The van der Waals surface area contributed by atoms with Crippen molar-refractivity contribution in [3.05, 3.63) is 35.8 Å². The van der Waals surface area contributed by atoms with E-state index in [1.165, 1.54) is 6.20 Å². The first-order chi connectivity index (χ1) is 8.70. The largest absolute Gasteiger partial charge is 0.492 e. The van der Waals surface area contributed by atoms with Gasteiger partial charge in [0.05, 0.1) is 19.0 Å². The number of ether oxygens (including phenoxy) is 1. The molecule has 0 saturated carbocycles. The van der Waals surface area contributed by atoms with Crippen molar-refractivity contribution in [2.24, 2.45) is 0 Å². The summed E-state index contributed by atoms with van der Waals surface area (Å²) in [6, 6.07) is 1.67. The Bertz CT molecular complexity index is 551. The summed E-state index contributed by atoms with van der Waals surface area (Å²) in [7, 11) is 0. The van der Waals surface area contributed by atoms with Crippen LogP contribution in [0.5, 0.6) is 5.75 Å². The average molecular weight is 268 g/mol. The molecule has 2 aromatic rings. The molecule has 0 aromatic carbocycles. The van der Waals surface area contributed by atoms with Gasteiger partial charge in [0.25, 0.3) is 0 Å². The molecule has 2 rings (SSSR count). The van der Waals surface area contributed by atoms with Gasteiger partial charge in [0.1, 0.15) is 11.4 Å². The molecule has 6 heteroatoms. The summed E-state index contributed by atoms with van der Waals surface area (Å²) in [5.41, 5.74) is 0.620. The highest BCUT2D eigenvalue weighted by molar-refractivity contribution is 6.28. The molecule has 0 N–H and O–H groups in total. The molecule has 0 atom stereocenters. The number of aromatic nitrogens is 3. The number of nitrogens with zero attached hydrogens (tertiary/aromatic N) is 3. The van der Waals surface area contributed by atoms with Crippen LogP contribution in [0.1, 0.15) is 13.3 Å². The lowest BCUT2D eigenvalue weighted by Gasteiger charge is -2.06. The van der Waals surface area contributed by atoms with Gasteiger partial charge in [-0.2, -0.15) is 0 Å². The summed E-state index contributed by atoms with van der Waals surface area (Å²) in [6.07, 6.45) is 4.99. The SMILES string of the molecule is CCCOc1cncc(-c2nc(Cl)ncc2F)c1. The number of pyridine rings is 1. The Labute approximate surface area is 109 Å². The highest BCUT2D eigenvalue weighted by Gasteiger charge is 2.10. The van der Waals surface area contributed by atoms with Gasteiger partial charge in [0.2, 0.25) is 5.28 Å². The maximum Gasteiger partial charge on any atom is 0.223 e. The fraction of sp³-hybridized carbons (Fsp3) is 0.250. The molecule has 0 radical (unpaired) electrons. The lowest BCUT2D eigenvalue weighted by atomic mass is 10.2. The van der Waals surface area contributed by atoms with E-state index in [0.717, 1.165) is 12.6 Å². The van der Waals surface area contributed by atoms with Crippen LogP contribution in [0.25, 0.3) is 11.3 Å². The number of hydrogen-bond acceptors (Lipinski definition) is 4. The van der Waals surface area contributed by atoms with Gasteiger partial charge >= 0.3 is 0 Å². The minimum Gasteiger partial charge on any atom is -0.492 e. The Morgan fingerprint density at radius 3 is 2.94 bits per heavy atom. The first-order valence-corrected chi connectivity index (χ1v) is 5.84. The van der Waals surface area contributed by atoms with Gasteiger partial charge in [-0.05, 0) is 24.1 Å². The van der Waals surface area contributed by atoms with Gasteiger partial charge < -0.3 is 4.74 Å². The van der Waals surface area contributed by atoms with Gasteiger partial charge in [-0.3, -0.25) is 4.98 Å². The van der Waals surface area contributed by atoms with E-state index < -0.39 is 5.82 Å². The minimum atomic E-state index is -0.547.